The molecule has 1 unspecified atom stereocenters. The normalized spacial score (nSPS) is 25.5. The minimum Gasteiger partial charge on any atom is -0.295 e. The summed E-state index contributed by atoms with van der Waals surface area (Å²) in [7, 11) is 0. The highest BCUT2D eigenvalue weighted by molar-refractivity contribution is 14.1. The summed E-state index contributed by atoms with van der Waals surface area (Å²) in [5.41, 5.74) is -0.593. The van der Waals surface area contributed by atoms with E-state index >= 15 is 0 Å². The summed E-state index contributed by atoms with van der Waals surface area (Å²) < 4.78 is 2.12. The lowest BCUT2D eigenvalue weighted by atomic mass is 9.75. The molecule has 7 nitrogen and oxygen atoms in total. The van der Waals surface area contributed by atoms with Crippen molar-refractivity contribution in [3.8, 4) is 0 Å². The predicted octanol–water partition coefficient (Wildman–Crippen LogP) is 0.619. The van der Waals surface area contributed by atoms with Gasteiger partial charge in [-0.1, -0.05) is 6.92 Å². The molecule has 8 heteroatoms. The van der Waals surface area contributed by atoms with E-state index in [2.05, 4.69) is 31.3 Å². The number of hydrogen-bond acceptors (Lipinski definition) is 5. The van der Waals surface area contributed by atoms with E-state index in [4.69, 9.17) is 0 Å². The zero-order chi connectivity index (χ0) is 16.3. The Labute approximate surface area is 143 Å². The van der Waals surface area contributed by atoms with Crippen LogP contribution in [0.3, 0.4) is 0 Å². The summed E-state index contributed by atoms with van der Waals surface area (Å²) in [5, 5.41) is 2.20. The molecular formula is C14H20IN3O4. The summed E-state index contributed by atoms with van der Waals surface area (Å²) >= 11 is 2.23. The van der Waals surface area contributed by atoms with Gasteiger partial charge in [0.15, 0.2) is 0 Å². The molecule has 2 aliphatic heterocycles. The van der Waals surface area contributed by atoms with Crippen LogP contribution in [0.15, 0.2) is 0 Å². The van der Waals surface area contributed by atoms with Gasteiger partial charge >= 0.3 is 0 Å². The lowest BCUT2D eigenvalue weighted by molar-refractivity contribution is -0.157. The van der Waals surface area contributed by atoms with Gasteiger partial charge in [-0.25, -0.2) is 3.11 Å². The Bertz CT molecular complexity index is 488. The van der Waals surface area contributed by atoms with Crippen LogP contribution in [-0.2, 0) is 19.2 Å². The monoisotopic (exact) mass is 421 g/mol. The summed E-state index contributed by atoms with van der Waals surface area (Å²) in [4.78, 5) is 48.6. The molecule has 1 N–H and O–H groups in total. The van der Waals surface area contributed by atoms with Crippen LogP contribution >= 0.6 is 22.9 Å². The number of piperidine rings is 2. The van der Waals surface area contributed by atoms with Gasteiger partial charge in [0, 0.05) is 42.4 Å². The van der Waals surface area contributed by atoms with Gasteiger partial charge in [0.2, 0.25) is 24.1 Å². The van der Waals surface area contributed by atoms with Crippen LogP contribution in [0.4, 0.5) is 0 Å². The average molecular weight is 421 g/mol. The van der Waals surface area contributed by atoms with E-state index in [0.717, 1.165) is 18.0 Å². The molecular weight excluding hydrogens is 401 g/mol. The average Bonchev–Trinajstić information content (AvgIpc) is 2.51. The van der Waals surface area contributed by atoms with E-state index in [1.165, 1.54) is 0 Å². The molecule has 2 heterocycles. The van der Waals surface area contributed by atoms with Gasteiger partial charge in [0.05, 0.1) is 5.41 Å². The summed E-state index contributed by atoms with van der Waals surface area (Å²) in [5.74, 6) is -1.21. The molecule has 0 spiro atoms. The van der Waals surface area contributed by atoms with Gasteiger partial charge in [-0.3, -0.25) is 29.4 Å². The molecule has 22 heavy (non-hydrogen) atoms. The number of carbonyl (C=O) groups is 4. The molecule has 2 aliphatic rings. The Hall–Kier alpha value is -1.03. The highest BCUT2D eigenvalue weighted by Gasteiger charge is 2.45. The molecule has 0 aromatic heterocycles. The first-order valence-corrected chi connectivity index (χ1v) is 8.42. The van der Waals surface area contributed by atoms with Crippen molar-refractivity contribution in [1.82, 2.24) is 13.3 Å². The molecule has 2 rings (SSSR count). The number of nitrogens with zero attached hydrogens (tertiary/aromatic N) is 2. The van der Waals surface area contributed by atoms with Crippen molar-refractivity contribution in [1.29, 1.82) is 0 Å². The molecule has 4 amide bonds. The Morgan fingerprint density at radius 2 is 2.09 bits per heavy atom. The van der Waals surface area contributed by atoms with Crippen LogP contribution in [0.25, 0.3) is 0 Å². The van der Waals surface area contributed by atoms with Crippen LogP contribution in [0, 0.1) is 5.41 Å². The minimum absolute atomic E-state index is 0.147. The molecule has 122 valence electrons. The minimum atomic E-state index is -0.872. The third-order valence-electron chi connectivity index (χ3n) is 4.69. The van der Waals surface area contributed by atoms with Crippen molar-refractivity contribution in [2.24, 2.45) is 5.41 Å². The van der Waals surface area contributed by atoms with Crippen molar-refractivity contribution in [3.63, 3.8) is 0 Å². The van der Waals surface area contributed by atoms with Gasteiger partial charge in [-0.05, 0) is 25.7 Å². The predicted molar refractivity (Wildman–Crippen MR) is 86.6 cm³/mol. The zero-order valence-electron chi connectivity index (χ0n) is 12.5. The highest BCUT2D eigenvalue weighted by atomic mass is 127. The Kier molecular flexibility index (Phi) is 5.54. The van der Waals surface area contributed by atoms with E-state index in [1.54, 1.807) is 0 Å². The lowest BCUT2D eigenvalue weighted by Gasteiger charge is -2.41. The van der Waals surface area contributed by atoms with Gasteiger partial charge in [-0.2, -0.15) is 0 Å². The second kappa shape index (κ2) is 7.03. The van der Waals surface area contributed by atoms with Crippen LogP contribution < -0.4 is 5.32 Å². The van der Waals surface area contributed by atoms with Crippen LogP contribution in [0.5, 0.6) is 0 Å². The van der Waals surface area contributed by atoms with Crippen molar-refractivity contribution < 1.29 is 19.2 Å². The number of rotatable bonds is 4. The molecule has 0 aromatic carbocycles. The van der Waals surface area contributed by atoms with Crippen molar-refractivity contribution >= 4 is 47.0 Å². The lowest BCUT2D eigenvalue weighted by Crippen LogP contribution is -2.58. The van der Waals surface area contributed by atoms with Gasteiger partial charge in [-0.15, -0.1) is 0 Å². The Balaban J connectivity index is 2.18. The standard InChI is InChI=1S/C14H20IN3O4/c1-2-14(5-7-17(15)8-6-14)13(22)18(9-19)10-3-4-11(20)16-12(10)21/h9-10H,2-8H2,1H3,(H,16,20,21). The molecule has 0 bridgehead atoms. The smallest absolute Gasteiger partial charge is 0.249 e. The van der Waals surface area contributed by atoms with Crippen molar-refractivity contribution in [2.75, 3.05) is 13.1 Å². The van der Waals surface area contributed by atoms with E-state index in [-0.39, 0.29) is 24.7 Å². The molecule has 0 aromatic rings. The van der Waals surface area contributed by atoms with Gasteiger partial charge < -0.3 is 0 Å². The largest absolute Gasteiger partial charge is 0.295 e. The number of hydrogen-bond donors (Lipinski definition) is 1. The molecule has 0 radical (unpaired) electrons. The Morgan fingerprint density at radius 3 is 2.59 bits per heavy atom. The molecule has 0 saturated carbocycles. The fraction of sp³-hybridized carbons (Fsp3) is 0.714. The topological polar surface area (TPSA) is 86.8 Å². The first-order valence-electron chi connectivity index (χ1n) is 7.46. The van der Waals surface area contributed by atoms with Crippen LogP contribution in [-0.4, -0.2) is 51.3 Å². The maximum atomic E-state index is 12.9. The molecule has 1 atom stereocenters. The number of halogens is 1. The molecule has 0 aliphatic carbocycles. The van der Waals surface area contributed by atoms with Gasteiger partial charge in [0.1, 0.15) is 6.04 Å². The fourth-order valence-electron chi connectivity index (χ4n) is 3.11. The molecule has 2 saturated heterocycles. The van der Waals surface area contributed by atoms with Crippen LogP contribution in [0.2, 0.25) is 0 Å². The first kappa shape index (κ1) is 17.3. The SMILES string of the molecule is CCC1(C(=O)N(C=O)C2CCC(=O)NC2=O)CCN(I)CC1. The fourth-order valence-corrected chi connectivity index (χ4v) is 3.59. The van der Waals surface area contributed by atoms with E-state index < -0.39 is 17.4 Å². The van der Waals surface area contributed by atoms with Crippen molar-refractivity contribution in [2.45, 2.75) is 45.1 Å². The maximum absolute atomic E-state index is 12.9. The number of nitrogens with one attached hydrogen (secondary N) is 1. The summed E-state index contributed by atoms with van der Waals surface area (Å²) in [6.07, 6.45) is 2.76. The first-order chi connectivity index (χ1) is 10.4. The van der Waals surface area contributed by atoms with E-state index in [1.807, 2.05) is 6.92 Å². The number of imide groups is 2. The summed E-state index contributed by atoms with van der Waals surface area (Å²) in [6.45, 7) is 3.50. The number of amides is 4. The Morgan fingerprint density at radius 1 is 1.45 bits per heavy atom. The van der Waals surface area contributed by atoms with Crippen LogP contribution in [0.1, 0.15) is 39.0 Å². The second-order valence-electron chi connectivity index (χ2n) is 5.83. The number of carbonyl (C=O) groups excluding carboxylic acids is 4. The summed E-state index contributed by atoms with van der Waals surface area (Å²) in [6, 6.07) is -0.872. The van der Waals surface area contributed by atoms with E-state index in [0.29, 0.717) is 25.7 Å². The maximum Gasteiger partial charge on any atom is 0.249 e. The zero-order valence-corrected chi connectivity index (χ0v) is 14.7. The van der Waals surface area contributed by atoms with Crippen molar-refractivity contribution in [3.05, 3.63) is 0 Å². The van der Waals surface area contributed by atoms with Gasteiger partial charge in [0.25, 0.3) is 0 Å². The third kappa shape index (κ3) is 3.32. The van der Waals surface area contributed by atoms with E-state index in [9.17, 15) is 19.2 Å². The highest BCUT2D eigenvalue weighted by Crippen LogP contribution is 2.38. The third-order valence-corrected chi connectivity index (χ3v) is 5.66. The molecule has 2 fully saturated rings. The second-order valence-corrected chi connectivity index (χ2v) is 7.19. The quantitative estimate of drug-likeness (QED) is 0.311.